The van der Waals surface area contributed by atoms with E-state index in [1.807, 2.05) is 6.92 Å². The third-order valence-corrected chi connectivity index (χ3v) is 3.30. The van der Waals surface area contributed by atoms with Gasteiger partial charge in [0.15, 0.2) is 0 Å². The summed E-state index contributed by atoms with van der Waals surface area (Å²) in [4.78, 5) is 2.22. The molecule has 0 saturated carbocycles. The Balaban J connectivity index is 2.55. The minimum atomic E-state index is -0.221. The van der Waals surface area contributed by atoms with Crippen molar-refractivity contribution in [2.45, 2.75) is 26.7 Å². The van der Waals surface area contributed by atoms with Gasteiger partial charge in [-0.3, -0.25) is 0 Å². The van der Waals surface area contributed by atoms with Crippen LogP contribution in [0.1, 0.15) is 26.7 Å². The highest BCUT2D eigenvalue weighted by molar-refractivity contribution is 5.26. The van der Waals surface area contributed by atoms with E-state index in [9.17, 15) is 4.39 Å². The van der Waals surface area contributed by atoms with E-state index in [0.29, 0.717) is 12.5 Å². The standard InChI is InChI=1S/C15H24FN/c1-3-5-7-14(6-4-2)15-8-11-17(12-9-15)13-10-16/h3-7,15H,8-13H2,1-2H3/b5-3-,6-4-,14-7+. The molecule has 0 aromatic heterocycles. The lowest BCUT2D eigenvalue weighted by atomic mass is 9.88. The number of hydrogen-bond acceptors (Lipinski definition) is 1. The first kappa shape index (κ1) is 14.2. The number of piperidine rings is 1. The molecule has 1 heterocycles. The number of alkyl halides is 1. The summed E-state index contributed by atoms with van der Waals surface area (Å²) in [5.74, 6) is 0.637. The van der Waals surface area contributed by atoms with E-state index in [4.69, 9.17) is 0 Å². The molecule has 0 amide bonds. The summed E-state index contributed by atoms with van der Waals surface area (Å²) in [7, 11) is 0. The van der Waals surface area contributed by atoms with Crippen molar-refractivity contribution in [1.82, 2.24) is 4.90 Å². The highest BCUT2D eigenvalue weighted by atomic mass is 19.1. The van der Waals surface area contributed by atoms with Crippen molar-refractivity contribution >= 4 is 0 Å². The summed E-state index contributed by atoms with van der Waals surface area (Å²) in [6.45, 7) is 6.53. The van der Waals surface area contributed by atoms with Gasteiger partial charge >= 0.3 is 0 Å². The van der Waals surface area contributed by atoms with Gasteiger partial charge in [-0.2, -0.15) is 0 Å². The maximum absolute atomic E-state index is 12.2. The number of nitrogens with zero attached hydrogens (tertiary/aromatic N) is 1. The van der Waals surface area contributed by atoms with Crippen LogP contribution in [0.5, 0.6) is 0 Å². The van der Waals surface area contributed by atoms with Gasteiger partial charge in [0.05, 0.1) is 0 Å². The molecule has 1 fully saturated rings. The van der Waals surface area contributed by atoms with E-state index < -0.39 is 0 Å². The largest absolute Gasteiger partial charge is 0.301 e. The van der Waals surface area contributed by atoms with Crippen LogP contribution in [0.15, 0.2) is 36.0 Å². The first-order valence-electron chi connectivity index (χ1n) is 6.55. The highest BCUT2D eigenvalue weighted by Gasteiger charge is 2.20. The average Bonchev–Trinajstić information content (AvgIpc) is 2.36. The molecule has 1 saturated heterocycles. The Morgan fingerprint density at radius 3 is 2.47 bits per heavy atom. The molecule has 0 bridgehead atoms. The van der Waals surface area contributed by atoms with Crippen molar-refractivity contribution in [3.63, 3.8) is 0 Å². The summed E-state index contributed by atoms with van der Waals surface area (Å²) in [6, 6.07) is 0. The lowest BCUT2D eigenvalue weighted by molar-refractivity contribution is 0.186. The molecule has 0 aromatic rings. The number of hydrogen-bond donors (Lipinski definition) is 0. The zero-order valence-corrected chi connectivity index (χ0v) is 11.0. The van der Waals surface area contributed by atoms with Crippen LogP contribution in [0.4, 0.5) is 4.39 Å². The molecule has 0 N–H and O–H groups in total. The predicted octanol–water partition coefficient (Wildman–Crippen LogP) is 3.75. The van der Waals surface area contributed by atoms with Crippen molar-refractivity contribution < 1.29 is 4.39 Å². The molecule has 1 aliphatic rings. The summed E-state index contributed by atoms with van der Waals surface area (Å²) < 4.78 is 12.2. The molecular weight excluding hydrogens is 213 g/mol. The molecule has 17 heavy (non-hydrogen) atoms. The topological polar surface area (TPSA) is 3.24 Å². The minimum Gasteiger partial charge on any atom is -0.301 e. The van der Waals surface area contributed by atoms with Crippen molar-refractivity contribution in [3.05, 3.63) is 36.0 Å². The summed E-state index contributed by atoms with van der Waals surface area (Å²) in [6.07, 6.45) is 13.0. The SMILES string of the molecule is C\C=C/C=C(\C=C/C)C1CCN(CCF)CC1. The Bertz CT molecular complexity index is 283. The van der Waals surface area contributed by atoms with E-state index in [1.165, 1.54) is 5.57 Å². The van der Waals surface area contributed by atoms with Crippen LogP contribution in [0.2, 0.25) is 0 Å². The lowest BCUT2D eigenvalue weighted by Crippen LogP contribution is -2.35. The normalized spacial score (nSPS) is 20.8. The van der Waals surface area contributed by atoms with Crippen molar-refractivity contribution in [3.8, 4) is 0 Å². The molecule has 1 aliphatic heterocycles. The van der Waals surface area contributed by atoms with Crippen molar-refractivity contribution in [1.29, 1.82) is 0 Å². The lowest BCUT2D eigenvalue weighted by Gasteiger charge is -2.31. The molecule has 0 unspecified atom stereocenters. The van der Waals surface area contributed by atoms with Crippen LogP contribution >= 0.6 is 0 Å². The Labute approximate surface area is 105 Å². The van der Waals surface area contributed by atoms with Crippen LogP contribution < -0.4 is 0 Å². The number of likely N-dealkylation sites (tertiary alicyclic amines) is 1. The third-order valence-electron chi connectivity index (χ3n) is 3.30. The van der Waals surface area contributed by atoms with Crippen molar-refractivity contribution in [2.24, 2.45) is 5.92 Å². The summed E-state index contributed by atoms with van der Waals surface area (Å²) in [5, 5.41) is 0. The maximum atomic E-state index is 12.2. The second kappa shape index (κ2) is 8.24. The van der Waals surface area contributed by atoms with Crippen LogP contribution in [0.3, 0.4) is 0 Å². The van der Waals surface area contributed by atoms with E-state index in [0.717, 1.165) is 25.9 Å². The van der Waals surface area contributed by atoms with Gasteiger partial charge in [-0.05, 0) is 51.3 Å². The first-order chi connectivity index (χ1) is 8.31. The smallest absolute Gasteiger partial charge is 0.102 e. The van der Waals surface area contributed by atoms with Gasteiger partial charge in [0, 0.05) is 6.54 Å². The van der Waals surface area contributed by atoms with Crippen LogP contribution in [-0.2, 0) is 0 Å². The number of allylic oxidation sites excluding steroid dienone is 6. The van der Waals surface area contributed by atoms with Crippen LogP contribution in [0.25, 0.3) is 0 Å². The fourth-order valence-corrected chi connectivity index (χ4v) is 2.34. The molecular formula is C15H24FN. The Morgan fingerprint density at radius 1 is 1.24 bits per heavy atom. The Morgan fingerprint density at radius 2 is 1.94 bits per heavy atom. The second-order valence-electron chi connectivity index (χ2n) is 4.50. The van der Waals surface area contributed by atoms with Crippen LogP contribution in [0, 0.1) is 5.92 Å². The molecule has 0 aromatic carbocycles. The number of halogens is 1. The van der Waals surface area contributed by atoms with Gasteiger partial charge in [0.2, 0.25) is 0 Å². The van der Waals surface area contributed by atoms with E-state index >= 15 is 0 Å². The van der Waals surface area contributed by atoms with Gasteiger partial charge < -0.3 is 4.90 Å². The maximum Gasteiger partial charge on any atom is 0.102 e. The number of rotatable bonds is 5. The molecule has 0 radical (unpaired) electrons. The monoisotopic (exact) mass is 237 g/mol. The molecule has 96 valence electrons. The molecule has 1 rings (SSSR count). The fraction of sp³-hybridized carbons (Fsp3) is 0.600. The quantitative estimate of drug-likeness (QED) is 0.658. The van der Waals surface area contributed by atoms with Crippen LogP contribution in [-0.4, -0.2) is 31.2 Å². The molecule has 0 atom stereocenters. The minimum absolute atomic E-state index is 0.221. The molecule has 2 heteroatoms. The molecule has 1 nitrogen and oxygen atoms in total. The van der Waals surface area contributed by atoms with Gasteiger partial charge in [-0.25, -0.2) is 4.39 Å². The second-order valence-corrected chi connectivity index (χ2v) is 4.50. The van der Waals surface area contributed by atoms with Gasteiger partial charge in [0.25, 0.3) is 0 Å². The van der Waals surface area contributed by atoms with Gasteiger partial charge in [0.1, 0.15) is 6.67 Å². The Kier molecular flexibility index (Phi) is 6.87. The average molecular weight is 237 g/mol. The first-order valence-corrected chi connectivity index (χ1v) is 6.55. The van der Waals surface area contributed by atoms with E-state index in [-0.39, 0.29) is 6.67 Å². The molecule has 0 spiro atoms. The summed E-state index contributed by atoms with van der Waals surface area (Å²) >= 11 is 0. The van der Waals surface area contributed by atoms with E-state index in [2.05, 4.69) is 42.2 Å². The third kappa shape index (κ3) is 4.86. The Hall–Kier alpha value is -0.890. The molecule has 0 aliphatic carbocycles. The summed E-state index contributed by atoms with van der Waals surface area (Å²) in [5.41, 5.74) is 1.41. The predicted molar refractivity (Wildman–Crippen MR) is 72.9 cm³/mol. The zero-order valence-electron chi connectivity index (χ0n) is 11.0. The zero-order chi connectivity index (χ0) is 12.5. The highest BCUT2D eigenvalue weighted by Crippen LogP contribution is 2.25. The van der Waals surface area contributed by atoms with Gasteiger partial charge in [-0.1, -0.05) is 30.4 Å². The van der Waals surface area contributed by atoms with Crippen molar-refractivity contribution in [2.75, 3.05) is 26.3 Å². The van der Waals surface area contributed by atoms with Gasteiger partial charge in [-0.15, -0.1) is 0 Å². The fourth-order valence-electron chi connectivity index (χ4n) is 2.34. The van der Waals surface area contributed by atoms with E-state index in [1.54, 1.807) is 0 Å².